The van der Waals surface area contributed by atoms with Gasteiger partial charge in [-0.3, -0.25) is 0 Å². The molecule has 1 rings (SSSR count). The molecule has 0 saturated carbocycles. The van der Waals surface area contributed by atoms with E-state index in [4.69, 9.17) is 27.4 Å². The van der Waals surface area contributed by atoms with E-state index >= 15 is 0 Å². The van der Waals surface area contributed by atoms with E-state index in [9.17, 15) is 0 Å². The lowest BCUT2D eigenvalue weighted by Crippen LogP contribution is -2.07. The first kappa shape index (κ1) is 16.8. The normalized spacial score (nSPS) is 10.3. The van der Waals surface area contributed by atoms with Gasteiger partial charge in [0.15, 0.2) is 11.5 Å². The SMILES string of the molecule is CCCOc1ccc(CCCC(N)=S)cc1OCCC. The van der Waals surface area contributed by atoms with Gasteiger partial charge in [-0.15, -0.1) is 0 Å². The number of aryl methyl sites for hydroxylation is 1. The highest BCUT2D eigenvalue weighted by molar-refractivity contribution is 7.80. The third kappa shape index (κ3) is 6.24. The summed E-state index contributed by atoms with van der Waals surface area (Å²) >= 11 is 4.90. The summed E-state index contributed by atoms with van der Waals surface area (Å²) in [6, 6.07) is 6.15. The molecule has 112 valence electrons. The number of ether oxygens (including phenoxy) is 2. The lowest BCUT2D eigenvalue weighted by molar-refractivity contribution is 0.268. The molecule has 1 aromatic rings. The third-order valence-electron chi connectivity index (χ3n) is 2.82. The topological polar surface area (TPSA) is 44.5 Å². The number of hydrogen-bond donors (Lipinski definition) is 1. The van der Waals surface area contributed by atoms with Gasteiger partial charge in [0.25, 0.3) is 0 Å². The molecule has 0 aliphatic carbocycles. The van der Waals surface area contributed by atoms with E-state index in [0.29, 0.717) is 18.2 Å². The molecule has 0 fully saturated rings. The van der Waals surface area contributed by atoms with Gasteiger partial charge in [0.05, 0.1) is 18.2 Å². The Morgan fingerprint density at radius 3 is 2.35 bits per heavy atom. The lowest BCUT2D eigenvalue weighted by Gasteiger charge is -2.13. The van der Waals surface area contributed by atoms with Crippen LogP contribution in [-0.4, -0.2) is 18.2 Å². The van der Waals surface area contributed by atoms with Gasteiger partial charge in [-0.1, -0.05) is 32.1 Å². The zero-order chi connectivity index (χ0) is 14.8. The van der Waals surface area contributed by atoms with Crippen molar-refractivity contribution in [1.29, 1.82) is 0 Å². The Hall–Kier alpha value is -1.29. The van der Waals surface area contributed by atoms with E-state index in [0.717, 1.165) is 43.6 Å². The zero-order valence-electron chi connectivity index (χ0n) is 12.5. The molecule has 2 N–H and O–H groups in total. The van der Waals surface area contributed by atoms with Crippen LogP contribution >= 0.6 is 12.2 Å². The van der Waals surface area contributed by atoms with Crippen LogP contribution in [0.5, 0.6) is 11.5 Å². The summed E-state index contributed by atoms with van der Waals surface area (Å²) in [6.45, 7) is 5.61. The summed E-state index contributed by atoms with van der Waals surface area (Å²) in [5, 5.41) is 0. The number of thiocarbonyl (C=S) groups is 1. The molecule has 1 aromatic carbocycles. The van der Waals surface area contributed by atoms with Crippen LogP contribution in [0.2, 0.25) is 0 Å². The van der Waals surface area contributed by atoms with Crippen LogP contribution in [0.15, 0.2) is 18.2 Å². The van der Waals surface area contributed by atoms with Gasteiger partial charge in [0, 0.05) is 0 Å². The number of benzene rings is 1. The van der Waals surface area contributed by atoms with Crippen molar-refractivity contribution in [1.82, 2.24) is 0 Å². The van der Waals surface area contributed by atoms with Crippen LogP contribution < -0.4 is 15.2 Å². The van der Waals surface area contributed by atoms with Crippen molar-refractivity contribution >= 4 is 17.2 Å². The zero-order valence-corrected chi connectivity index (χ0v) is 13.3. The molecule has 3 nitrogen and oxygen atoms in total. The van der Waals surface area contributed by atoms with Crippen LogP contribution in [0.3, 0.4) is 0 Å². The molecule has 0 saturated heterocycles. The fourth-order valence-corrected chi connectivity index (χ4v) is 1.98. The Bertz CT molecular complexity index is 421. The van der Waals surface area contributed by atoms with E-state index in [1.807, 2.05) is 6.07 Å². The minimum atomic E-state index is 0.579. The Balaban J connectivity index is 2.69. The molecule has 4 heteroatoms. The van der Waals surface area contributed by atoms with Gasteiger partial charge in [-0.25, -0.2) is 0 Å². The van der Waals surface area contributed by atoms with Crippen molar-refractivity contribution in [2.75, 3.05) is 13.2 Å². The van der Waals surface area contributed by atoms with Gasteiger partial charge >= 0.3 is 0 Å². The van der Waals surface area contributed by atoms with Gasteiger partial charge < -0.3 is 15.2 Å². The lowest BCUT2D eigenvalue weighted by atomic mass is 10.1. The molecule has 0 bridgehead atoms. The highest BCUT2D eigenvalue weighted by Gasteiger charge is 2.07. The molecule has 20 heavy (non-hydrogen) atoms. The minimum Gasteiger partial charge on any atom is -0.490 e. The summed E-state index contributed by atoms with van der Waals surface area (Å²) in [6.07, 6.45) is 4.68. The maximum Gasteiger partial charge on any atom is 0.161 e. The average Bonchev–Trinajstić information content (AvgIpc) is 2.43. The molecule has 0 atom stereocenters. The molecule has 0 spiro atoms. The van der Waals surface area contributed by atoms with Crippen LogP contribution in [0.1, 0.15) is 45.1 Å². The van der Waals surface area contributed by atoms with Crippen molar-refractivity contribution in [2.45, 2.75) is 46.0 Å². The molecular weight excluding hydrogens is 270 g/mol. The first-order valence-electron chi connectivity index (χ1n) is 7.34. The van der Waals surface area contributed by atoms with Crippen LogP contribution in [0, 0.1) is 0 Å². The minimum absolute atomic E-state index is 0.579. The molecule has 0 aliphatic rings. The van der Waals surface area contributed by atoms with E-state index in [1.165, 1.54) is 5.56 Å². The van der Waals surface area contributed by atoms with Crippen molar-refractivity contribution in [3.05, 3.63) is 23.8 Å². The number of hydrogen-bond acceptors (Lipinski definition) is 3. The fraction of sp³-hybridized carbons (Fsp3) is 0.562. The second kappa shape index (κ2) is 9.59. The van der Waals surface area contributed by atoms with E-state index < -0.39 is 0 Å². The van der Waals surface area contributed by atoms with Crippen molar-refractivity contribution in [3.8, 4) is 11.5 Å². The van der Waals surface area contributed by atoms with Crippen LogP contribution in [0.4, 0.5) is 0 Å². The molecule has 0 aliphatic heterocycles. The highest BCUT2D eigenvalue weighted by Crippen LogP contribution is 2.29. The first-order chi connectivity index (χ1) is 9.67. The highest BCUT2D eigenvalue weighted by atomic mass is 32.1. The molecular formula is C16H25NO2S. The Morgan fingerprint density at radius 1 is 1.10 bits per heavy atom. The maximum absolute atomic E-state index is 5.78. The summed E-state index contributed by atoms with van der Waals surface area (Å²) in [4.78, 5) is 0.579. The van der Waals surface area contributed by atoms with Crippen LogP contribution in [-0.2, 0) is 6.42 Å². The van der Waals surface area contributed by atoms with Crippen molar-refractivity contribution in [3.63, 3.8) is 0 Å². The Morgan fingerprint density at radius 2 is 1.75 bits per heavy atom. The standard InChI is InChI=1S/C16H25NO2S/c1-3-10-18-14-9-8-13(6-5-7-16(17)20)12-15(14)19-11-4-2/h8-9,12H,3-7,10-11H2,1-2H3,(H2,17,20). The largest absolute Gasteiger partial charge is 0.490 e. The third-order valence-corrected chi connectivity index (χ3v) is 3.02. The van der Waals surface area contributed by atoms with Crippen molar-refractivity contribution in [2.24, 2.45) is 5.73 Å². The Kier molecular flexibility index (Phi) is 8.04. The van der Waals surface area contributed by atoms with E-state index in [2.05, 4.69) is 26.0 Å². The van der Waals surface area contributed by atoms with E-state index in [1.54, 1.807) is 0 Å². The monoisotopic (exact) mass is 295 g/mol. The second-order valence-electron chi connectivity index (χ2n) is 4.80. The van der Waals surface area contributed by atoms with E-state index in [-0.39, 0.29) is 0 Å². The van der Waals surface area contributed by atoms with Gasteiger partial charge in [0.1, 0.15) is 0 Å². The average molecular weight is 295 g/mol. The van der Waals surface area contributed by atoms with Crippen LogP contribution in [0.25, 0.3) is 0 Å². The molecule has 0 amide bonds. The van der Waals surface area contributed by atoms with Gasteiger partial charge in [-0.2, -0.15) is 0 Å². The molecule has 0 aromatic heterocycles. The smallest absolute Gasteiger partial charge is 0.161 e. The summed E-state index contributed by atoms with van der Waals surface area (Å²) in [5.74, 6) is 1.67. The maximum atomic E-state index is 5.78. The fourth-order valence-electron chi connectivity index (χ4n) is 1.83. The molecule has 0 radical (unpaired) electrons. The summed E-state index contributed by atoms with van der Waals surface area (Å²) in [5.41, 5.74) is 6.75. The second-order valence-corrected chi connectivity index (χ2v) is 5.32. The molecule has 0 heterocycles. The number of nitrogens with two attached hydrogens (primary N) is 1. The number of rotatable bonds is 10. The summed E-state index contributed by atoms with van der Waals surface area (Å²) < 4.78 is 11.5. The van der Waals surface area contributed by atoms with Gasteiger partial charge in [0.2, 0.25) is 0 Å². The first-order valence-corrected chi connectivity index (χ1v) is 7.75. The molecule has 0 unspecified atom stereocenters. The van der Waals surface area contributed by atoms with Crippen molar-refractivity contribution < 1.29 is 9.47 Å². The quantitative estimate of drug-likeness (QED) is 0.665. The summed E-state index contributed by atoms with van der Waals surface area (Å²) in [7, 11) is 0. The van der Waals surface area contributed by atoms with Gasteiger partial charge in [-0.05, 0) is 49.8 Å². The predicted molar refractivity (Wildman–Crippen MR) is 87.7 cm³/mol. The Labute approximate surface area is 127 Å². The predicted octanol–water partition coefficient (Wildman–Crippen LogP) is 3.87.